The summed E-state index contributed by atoms with van der Waals surface area (Å²) in [6, 6.07) is 30.6. The molecule has 0 spiro atoms. The zero-order chi connectivity index (χ0) is 46.3. The summed E-state index contributed by atoms with van der Waals surface area (Å²) in [5.41, 5.74) is 4.19. The molecule has 4 aromatic carbocycles. The van der Waals surface area contributed by atoms with Crippen molar-refractivity contribution in [2.45, 2.75) is 77.6 Å². The van der Waals surface area contributed by atoms with Crippen molar-refractivity contribution < 1.29 is 57.8 Å². The number of carbonyl (C=O) groups excluding carboxylic acids is 3. The number of aliphatic hydroxyl groups excluding tert-OH is 2. The van der Waals surface area contributed by atoms with Crippen LogP contribution in [0, 0.1) is 0 Å². The minimum absolute atomic E-state index is 0.0271. The highest BCUT2D eigenvalue weighted by Crippen LogP contribution is 2.35. The van der Waals surface area contributed by atoms with E-state index >= 15 is 0 Å². The highest BCUT2D eigenvalue weighted by atomic mass is 16.6. The number of hydrogen-bond acceptors (Lipinski definition) is 12. The predicted molar refractivity (Wildman–Crippen MR) is 240 cm³/mol. The molecule has 0 aliphatic rings. The zero-order valence-corrected chi connectivity index (χ0v) is 37.3. The first-order chi connectivity index (χ1) is 29.8. The van der Waals surface area contributed by atoms with Crippen LogP contribution in [0.2, 0.25) is 0 Å². The fourth-order valence-electron chi connectivity index (χ4n) is 6.02. The summed E-state index contributed by atoms with van der Waals surface area (Å²) in [7, 11) is 0. The molecule has 336 valence electrons. The van der Waals surface area contributed by atoms with Gasteiger partial charge in [0.2, 0.25) is 0 Å². The summed E-state index contributed by atoms with van der Waals surface area (Å²) in [4.78, 5) is 35.6. The van der Waals surface area contributed by atoms with Crippen LogP contribution in [0.4, 0.5) is 0 Å². The van der Waals surface area contributed by atoms with Crippen LogP contribution in [-0.4, -0.2) is 86.1 Å². The highest BCUT2D eigenvalue weighted by molar-refractivity contribution is 5.88. The lowest BCUT2D eigenvalue weighted by Crippen LogP contribution is -2.31. The van der Waals surface area contributed by atoms with Crippen molar-refractivity contribution in [3.8, 4) is 23.0 Å². The van der Waals surface area contributed by atoms with Gasteiger partial charge in [-0.3, -0.25) is 0 Å². The molecule has 0 saturated carbocycles. The van der Waals surface area contributed by atoms with E-state index in [2.05, 4.69) is 47.4 Å². The average Bonchev–Trinajstić information content (AvgIpc) is 3.27. The van der Waals surface area contributed by atoms with Crippen molar-refractivity contribution in [2.24, 2.45) is 0 Å². The molecule has 2 N–H and O–H groups in total. The van der Waals surface area contributed by atoms with E-state index < -0.39 is 36.2 Å². The normalized spacial score (nSPS) is 12.8. The molecule has 0 saturated heterocycles. The third-order valence-corrected chi connectivity index (χ3v) is 10.2. The molecule has 3 atom stereocenters. The fraction of sp³-hybridized carbons (Fsp3) is 0.353. The monoisotopic (exact) mass is 864 g/mol. The third-order valence-electron chi connectivity index (χ3n) is 10.2. The smallest absolute Gasteiger partial charge is 0.333 e. The Kier molecular flexibility index (Phi) is 17.7. The molecular weight excluding hydrogens is 805 g/mol. The van der Waals surface area contributed by atoms with E-state index in [1.165, 1.54) is 13.8 Å². The fourth-order valence-corrected chi connectivity index (χ4v) is 6.02. The molecule has 0 aromatic heterocycles. The van der Waals surface area contributed by atoms with Crippen LogP contribution in [0.25, 0.3) is 0 Å². The molecule has 3 unspecified atom stereocenters. The van der Waals surface area contributed by atoms with Crippen molar-refractivity contribution in [1.29, 1.82) is 0 Å². The topological polar surface area (TPSA) is 156 Å². The molecule has 4 aromatic rings. The molecule has 12 heteroatoms. The standard InChI is InChI=1S/C51H60O12/c1-33(2)47(54)61-30-41(53)29-59-44-23-15-37(16-24-44)50(7,8)36-11-19-42(20-12-36)57-27-40(52)28-58-43-21-13-38(14-22-43)51(9,10)39-17-25-45(26-18-39)60-31-46(63-49(56)35(5)6)32-62-48(55)34(3)4/h11-26,40-41,46,52-53H,1,3,5,27-32H2,2,4,6-10H3. The van der Waals surface area contributed by atoms with Gasteiger partial charge < -0.3 is 43.4 Å². The van der Waals surface area contributed by atoms with Gasteiger partial charge in [0.05, 0.1) is 0 Å². The number of rotatable bonds is 24. The lowest BCUT2D eigenvalue weighted by atomic mass is 9.78. The second-order valence-corrected chi connectivity index (χ2v) is 16.5. The maximum Gasteiger partial charge on any atom is 0.333 e. The Balaban J connectivity index is 1.22. The molecule has 0 aliphatic carbocycles. The predicted octanol–water partition coefficient (Wildman–Crippen LogP) is 8.00. The van der Waals surface area contributed by atoms with Gasteiger partial charge in [-0.1, -0.05) is 96.0 Å². The Bertz CT molecular complexity index is 2170. The quantitative estimate of drug-likeness (QED) is 0.0398. The van der Waals surface area contributed by atoms with Crippen LogP contribution in [0.1, 0.15) is 70.7 Å². The van der Waals surface area contributed by atoms with Gasteiger partial charge in [-0.25, -0.2) is 14.4 Å². The summed E-state index contributed by atoms with van der Waals surface area (Å²) < 4.78 is 38.9. The van der Waals surface area contributed by atoms with Crippen molar-refractivity contribution in [2.75, 3.05) is 39.6 Å². The Morgan fingerprint density at radius 3 is 1.02 bits per heavy atom. The van der Waals surface area contributed by atoms with Crippen molar-refractivity contribution in [3.63, 3.8) is 0 Å². The number of esters is 3. The van der Waals surface area contributed by atoms with Crippen molar-refractivity contribution >= 4 is 17.9 Å². The maximum absolute atomic E-state index is 12.1. The molecule has 0 heterocycles. The van der Waals surface area contributed by atoms with Gasteiger partial charge in [-0.2, -0.15) is 0 Å². The maximum atomic E-state index is 12.1. The summed E-state index contributed by atoms with van der Waals surface area (Å²) in [5.74, 6) is 0.599. The van der Waals surface area contributed by atoms with Crippen LogP contribution in [-0.2, 0) is 39.4 Å². The number of benzene rings is 4. The number of aliphatic hydroxyl groups is 2. The molecular formula is C51H60O12. The number of carbonyl (C=O) groups is 3. The van der Waals surface area contributed by atoms with E-state index in [9.17, 15) is 24.6 Å². The molecule has 0 fully saturated rings. The van der Waals surface area contributed by atoms with Crippen molar-refractivity contribution in [1.82, 2.24) is 0 Å². The Labute approximate surface area is 370 Å². The molecule has 12 nitrogen and oxygen atoms in total. The van der Waals surface area contributed by atoms with Crippen LogP contribution < -0.4 is 18.9 Å². The molecule has 0 amide bonds. The van der Waals surface area contributed by atoms with E-state index in [4.69, 9.17) is 33.2 Å². The Hall–Kier alpha value is -6.37. The van der Waals surface area contributed by atoms with Gasteiger partial charge >= 0.3 is 17.9 Å². The number of ether oxygens (including phenoxy) is 7. The molecule has 0 radical (unpaired) electrons. The van der Waals surface area contributed by atoms with E-state index in [1.54, 1.807) is 6.92 Å². The SMILES string of the molecule is C=C(C)C(=O)OCC(O)COc1ccc(C(C)(C)c2ccc(OCC(O)COc3ccc(C(C)(C)c4ccc(OCC(COC(=O)C(=C)C)OC(=O)C(=C)C)cc4)cc3)cc2)cc1. The van der Waals surface area contributed by atoms with E-state index in [0.29, 0.717) is 23.0 Å². The molecule has 4 rings (SSSR count). The lowest BCUT2D eigenvalue weighted by Gasteiger charge is -2.27. The third kappa shape index (κ3) is 14.9. The van der Waals surface area contributed by atoms with E-state index in [-0.39, 0.29) is 67.2 Å². The molecule has 0 aliphatic heterocycles. The van der Waals surface area contributed by atoms with E-state index in [0.717, 1.165) is 22.3 Å². The van der Waals surface area contributed by atoms with Crippen LogP contribution in [0.15, 0.2) is 134 Å². The first-order valence-electron chi connectivity index (χ1n) is 20.6. The summed E-state index contributed by atoms with van der Waals surface area (Å²) in [6.07, 6.45) is -2.68. The number of hydrogen-bond donors (Lipinski definition) is 2. The lowest BCUT2D eigenvalue weighted by molar-refractivity contribution is -0.155. The minimum Gasteiger partial charge on any atom is -0.491 e. The largest absolute Gasteiger partial charge is 0.491 e. The Morgan fingerprint density at radius 2 is 0.714 bits per heavy atom. The summed E-state index contributed by atoms with van der Waals surface area (Å²) in [5, 5.41) is 20.7. The highest BCUT2D eigenvalue weighted by Gasteiger charge is 2.25. The van der Waals surface area contributed by atoms with Gasteiger partial charge in [0.25, 0.3) is 0 Å². The first-order valence-corrected chi connectivity index (χ1v) is 20.6. The van der Waals surface area contributed by atoms with Crippen molar-refractivity contribution in [3.05, 3.63) is 156 Å². The van der Waals surface area contributed by atoms with Gasteiger partial charge in [0, 0.05) is 27.5 Å². The van der Waals surface area contributed by atoms with Gasteiger partial charge in [-0.15, -0.1) is 0 Å². The molecule has 0 bridgehead atoms. The van der Waals surface area contributed by atoms with Crippen LogP contribution in [0.3, 0.4) is 0 Å². The minimum atomic E-state index is -0.969. The summed E-state index contributed by atoms with van der Waals surface area (Å²) in [6.45, 7) is 23.4. The van der Waals surface area contributed by atoms with Gasteiger partial charge in [0.15, 0.2) is 6.10 Å². The second kappa shape index (κ2) is 22.6. The molecule has 63 heavy (non-hydrogen) atoms. The average molecular weight is 865 g/mol. The second-order valence-electron chi connectivity index (χ2n) is 16.5. The first kappa shape index (κ1) is 49.3. The van der Waals surface area contributed by atoms with Gasteiger partial charge in [0.1, 0.15) is 74.8 Å². The zero-order valence-electron chi connectivity index (χ0n) is 37.3. The Morgan fingerprint density at radius 1 is 0.444 bits per heavy atom. The van der Waals surface area contributed by atoms with Gasteiger partial charge in [-0.05, 0) is 91.6 Å². The summed E-state index contributed by atoms with van der Waals surface area (Å²) >= 11 is 0. The van der Waals surface area contributed by atoms with Crippen LogP contribution in [0.5, 0.6) is 23.0 Å². The van der Waals surface area contributed by atoms with Crippen LogP contribution >= 0.6 is 0 Å². The van der Waals surface area contributed by atoms with E-state index in [1.807, 2.05) is 97.1 Å².